The molecule has 15 heavy (non-hydrogen) atoms. The largest absolute Gasteiger partial charge is 0.450 e. The third kappa shape index (κ3) is 3.34. The highest BCUT2D eigenvalue weighted by molar-refractivity contribution is 9.10. The van der Waals surface area contributed by atoms with Crippen LogP contribution in [0.4, 0.5) is 13.2 Å². The summed E-state index contributed by atoms with van der Waals surface area (Å²) in [6.45, 7) is 1.67. The Morgan fingerprint density at radius 2 is 2.00 bits per heavy atom. The number of carbonyl (C=O) groups excluding carboxylic acids is 1. The van der Waals surface area contributed by atoms with Crippen LogP contribution in [0, 0.1) is 6.92 Å². The summed E-state index contributed by atoms with van der Waals surface area (Å²) < 4.78 is 36.7. The van der Waals surface area contributed by atoms with Crippen molar-refractivity contribution >= 4 is 21.7 Å². The topological polar surface area (TPSA) is 17.1 Å². The van der Waals surface area contributed by atoms with E-state index in [4.69, 9.17) is 0 Å². The van der Waals surface area contributed by atoms with Gasteiger partial charge in [0.2, 0.25) is 5.78 Å². The van der Waals surface area contributed by atoms with Gasteiger partial charge in [-0.3, -0.25) is 4.79 Å². The first kappa shape index (κ1) is 12.2. The summed E-state index contributed by atoms with van der Waals surface area (Å²) >= 11 is 3.14. The molecule has 0 bridgehead atoms. The molecule has 0 aromatic heterocycles. The molecule has 0 saturated carbocycles. The molecule has 0 spiro atoms. The third-order valence-corrected chi connectivity index (χ3v) is 2.47. The van der Waals surface area contributed by atoms with Crippen LogP contribution in [0.3, 0.4) is 0 Å². The smallest absolute Gasteiger partial charge is 0.289 e. The first-order chi connectivity index (χ1) is 6.80. The van der Waals surface area contributed by atoms with Crippen molar-refractivity contribution in [3.8, 4) is 0 Å². The van der Waals surface area contributed by atoms with E-state index >= 15 is 0 Å². The standard InChI is InChI=1S/C10H8BrF3O/c1-6-2-3-8(11)4-7(6)5-9(15)10(12,13)14/h2-4H,5H2,1H3. The van der Waals surface area contributed by atoms with Crippen LogP contribution >= 0.6 is 15.9 Å². The number of Topliss-reactive ketones (excluding diaryl/α,β-unsaturated/α-hetero) is 1. The molecular weight excluding hydrogens is 273 g/mol. The van der Waals surface area contributed by atoms with E-state index in [2.05, 4.69) is 15.9 Å². The van der Waals surface area contributed by atoms with E-state index < -0.39 is 18.4 Å². The minimum absolute atomic E-state index is 0.395. The zero-order valence-electron chi connectivity index (χ0n) is 7.86. The van der Waals surface area contributed by atoms with Crippen molar-refractivity contribution in [1.82, 2.24) is 0 Å². The predicted octanol–water partition coefficient (Wildman–Crippen LogP) is 3.43. The van der Waals surface area contributed by atoms with Crippen LogP contribution in [0.25, 0.3) is 0 Å². The maximum Gasteiger partial charge on any atom is 0.450 e. The number of hydrogen-bond donors (Lipinski definition) is 0. The molecule has 0 amide bonds. The summed E-state index contributed by atoms with van der Waals surface area (Å²) in [5.74, 6) is -1.72. The molecule has 0 fully saturated rings. The fourth-order valence-corrected chi connectivity index (χ4v) is 1.51. The summed E-state index contributed by atoms with van der Waals surface area (Å²) in [5, 5.41) is 0. The molecule has 0 radical (unpaired) electrons. The van der Waals surface area contributed by atoms with Crippen molar-refractivity contribution in [1.29, 1.82) is 0 Å². The van der Waals surface area contributed by atoms with E-state index in [1.54, 1.807) is 19.1 Å². The molecule has 0 aliphatic heterocycles. The Kier molecular flexibility index (Phi) is 3.54. The predicted molar refractivity (Wildman–Crippen MR) is 53.6 cm³/mol. The molecule has 0 atom stereocenters. The first-order valence-electron chi connectivity index (χ1n) is 4.16. The number of rotatable bonds is 2. The zero-order chi connectivity index (χ0) is 11.6. The van der Waals surface area contributed by atoms with Crippen molar-refractivity contribution in [3.05, 3.63) is 33.8 Å². The van der Waals surface area contributed by atoms with Crippen molar-refractivity contribution < 1.29 is 18.0 Å². The van der Waals surface area contributed by atoms with Crippen molar-refractivity contribution in [2.24, 2.45) is 0 Å². The van der Waals surface area contributed by atoms with Gasteiger partial charge >= 0.3 is 6.18 Å². The fourth-order valence-electron chi connectivity index (χ4n) is 1.10. The second-order valence-electron chi connectivity index (χ2n) is 3.17. The number of aryl methyl sites for hydroxylation is 1. The highest BCUT2D eigenvalue weighted by Crippen LogP contribution is 2.22. The molecule has 1 rings (SSSR count). The van der Waals surface area contributed by atoms with E-state index in [1.807, 2.05) is 0 Å². The molecule has 82 valence electrons. The van der Waals surface area contributed by atoms with Gasteiger partial charge in [-0.25, -0.2) is 0 Å². The van der Waals surface area contributed by atoms with Gasteiger partial charge in [0.15, 0.2) is 0 Å². The Bertz CT molecular complexity index is 385. The summed E-state index contributed by atoms with van der Waals surface area (Å²) in [6.07, 6.45) is -5.36. The molecule has 1 aromatic rings. The lowest BCUT2D eigenvalue weighted by Gasteiger charge is -2.07. The van der Waals surface area contributed by atoms with Crippen LogP contribution in [0.1, 0.15) is 11.1 Å². The average molecular weight is 281 g/mol. The van der Waals surface area contributed by atoms with E-state index in [0.717, 1.165) is 0 Å². The van der Waals surface area contributed by atoms with Gasteiger partial charge < -0.3 is 0 Å². The highest BCUT2D eigenvalue weighted by Gasteiger charge is 2.37. The van der Waals surface area contributed by atoms with Crippen molar-refractivity contribution in [2.75, 3.05) is 0 Å². The molecular formula is C10H8BrF3O. The fraction of sp³-hybridized carbons (Fsp3) is 0.300. The summed E-state index contributed by atoms with van der Waals surface area (Å²) in [7, 11) is 0. The number of benzene rings is 1. The van der Waals surface area contributed by atoms with Gasteiger partial charge in [0.25, 0.3) is 0 Å². The highest BCUT2D eigenvalue weighted by atomic mass is 79.9. The molecule has 0 aliphatic rings. The number of ketones is 1. The van der Waals surface area contributed by atoms with Gasteiger partial charge in [-0.2, -0.15) is 13.2 Å². The van der Waals surface area contributed by atoms with Crippen LogP contribution in [-0.2, 0) is 11.2 Å². The van der Waals surface area contributed by atoms with Gasteiger partial charge in [-0.15, -0.1) is 0 Å². The number of hydrogen-bond acceptors (Lipinski definition) is 1. The molecule has 0 N–H and O–H groups in total. The Labute approximate surface area is 93.4 Å². The Morgan fingerprint density at radius 1 is 1.40 bits per heavy atom. The third-order valence-electron chi connectivity index (χ3n) is 1.98. The van der Waals surface area contributed by atoms with Gasteiger partial charge in [-0.05, 0) is 30.2 Å². The SMILES string of the molecule is Cc1ccc(Br)cc1CC(=O)C(F)(F)F. The van der Waals surface area contributed by atoms with Crippen LogP contribution in [0.2, 0.25) is 0 Å². The van der Waals surface area contributed by atoms with E-state index in [-0.39, 0.29) is 0 Å². The van der Waals surface area contributed by atoms with Crippen LogP contribution in [0.15, 0.2) is 22.7 Å². The summed E-state index contributed by atoms with van der Waals surface area (Å²) in [6, 6.07) is 4.92. The van der Waals surface area contributed by atoms with E-state index in [9.17, 15) is 18.0 Å². The molecule has 5 heteroatoms. The minimum Gasteiger partial charge on any atom is -0.289 e. The maximum atomic E-state index is 12.0. The Morgan fingerprint density at radius 3 is 2.53 bits per heavy atom. The Balaban J connectivity index is 2.90. The van der Waals surface area contributed by atoms with Crippen molar-refractivity contribution in [2.45, 2.75) is 19.5 Å². The normalized spacial score (nSPS) is 11.5. The monoisotopic (exact) mass is 280 g/mol. The van der Waals surface area contributed by atoms with Crippen LogP contribution < -0.4 is 0 Å². The minimum atomic E-state index is -4.76. The molecule has 1 nitrogen and oxygen atoms in total. The van der Waals surface area contributed by atoms with Crippen LogP contribution in [-0.4, -0.2) is 12.0 Å². The van der Waals surface area contributed by atoms with E-state index in [1.165, 1.54) is 6.07 Å². The number of carbonyl (C=O) groups is 1. The van der Waals surface area contributed by atoms with Gasteiger partial charge in [0, 0.05) is 10.9 Å². The zero-order valence-corrected chi connectivity index (χ0v) is 9.45. The Hall–Kier alpha value is -0.840. The van der Waals surface area contributed by atoms with Gasteiger partial charge in [-0.1, -0.05) is 22.0 Å². The lowest BCUT2D eigenvalue weighted by molar-refractivity contribution is -0.170. The van der Waals surface area contributed by atoms with Gasteiger partial charge in [0.1, 0.15) is 0 Å². The maximum absolute atomic E-state index is 12.0. The number of alkyl halides is 3. The van der Waals surface area contributed by atoms with Crippen LogP contribution in [0.5, 0.6) is 0 Å². The lowest BCUT2D eigenvalue weighted by Crippen LogP contribution is -2.24. The number of halogens is 4. The van der Waals surface area contributed by atoms with Crippen molar-refractivity contribution in [3.63, 3.8) is 0 Å². The average Bonchev–Trinajstić information content (AvgIpc) is 2.09. The quantitative estimate of drug-likeness (QED) is 0.811. The van der Waals surface area contributed by atoms with Gasteiger partial charge in [0.05, 0.1) is 0 Å². The molecule has 0 aliphatic carbocycles. The molecule has 0 saturated heterocycles. The molecule has 0 heterocycles. The molecule has 0 unspecified atom stereocenters. The summed E-state index contributed by atoms with van der Waals surface area (Å²) in [4.78, 5) is 10.8. The first-order valence-corrected chi connectivity index (χ1v) is 4.95. The van der Waals surface area contributed by atoms with E-state index in [0.29, 0.717) is 15.6 Å². The summed E-state index contributed by atoms with van der Waals surface area (Å²) in [5.41, 5.74) is 1.07. The molecule has 1 aromatic carbocycles. The lowest BCUT2D eigenvalue weighted by atomic mass is 10.0. The second-order valence-corrected chi connectivity index (χ2v) is 4.08. The second kappa shape index (κ2) is 4.35.